The van der Waals surface area contributed by atoms with E-state index in [1.807, 2.05) is 0 Å². The maximum absolute atomic E-state index is 2.36. The molecule has 1 aliphatic rings. The molecule has 1 nitrogen and oxygen atoms in total. The highest BCUT2D eigenvalue weighted by atomic mass is 15.1. The first kappa shape index (κ1) is 20.1. The summed E-state index contributed by atoms with van der Waals surface area (Å²) in [7, 11) is 0. The molecule has 4 aromatic rings. The Morgan fingerprint density at radius 2 is 1.28 bits per heavy atom. The van der Waals surface area contributed by atoms with Crippen molar-refractivity contribution < 1.29 is 0 Å². The molecule has 0 bridgehead atoms. The third-order valence-electron chi connectivity index (χ3n) is 6.03. The third-order valence-corrected chi connectivity index (χ3v) is 6.03. The molecule has 0 spiro atoms. The maximum Gasteiger partial charge on any atom is 0.0540 e. The van der Waals surface area contributed by atoms with Crippen molar-refractivity contribution in [2.24, 2.45) is 0 Å². The molecule has 0 N–H and O–H groups in total. The Bertz CT molecular complexity index is 1250. The number of hydrogen-bond acceptors (Lipinski definition) is 1. The van der Waals surface area contributed by atoms with Crippen molar-refractivity contribution in [2.75, 3.05) is 4.90 Å². The fourth-order valence-corrected chi connectivity index (χ4v) is 4.32. The van der Waals surface area contributed by atoms with Gasteiger partial charge in [-0.1, -0.05) is 96.6 Å². The van der Waals surface area contributed by atoms with Gasteiger partial charge in [0.05, 0.1) is 5.69 Å². The summed E-state index contributed by atoms with van der Waals surface area (Å²) in [5.74, 6) is 0. The Kier molecular flexibility index (Phi) is 5.72. The summed E-state index contributed by atoms with van der Waals surface area (Å²) >= 11 is 0. The lowest BCUT2D eigenvalue weighted by Crippen LogP contribution is -2.11. The molecule has 4 aromatic carbocycles. The van der Waals surface area contributed by atoms with Crippen LogP contribution in [0.15, 0.2) is 121 Å². The van der Waals surface area contributed by atoms with E-state index in [1.54, 1.807) is 0 Å². The van der Waals surface area contributed by atoms with Gasteiger partial charge in [0, 0.05) is 16.9 Å². The van der Waals surface area contributed by atoms with E-state index in [2.05, 4.69) is 133 Å². The minimum atomic E-state index is 1.11. The summed E-state index contributed by atoms with van der Waals surface area (Å²) in [5.41, 5.74) is 9.91. The Hall–Kier alpha value is -3.84. The summed E-state index contributed by atoms with van der Waals surface area (Å²) in [5, 5.41) is 0. The molecule has 0 aliphatic heterocycles. The first-order chi connectivity index (χ1) is 15.8. The number of allylic oxidation sites excluding steroid dienone is 4. The van der Waals surface area contributed by atoms with Gasteiger partial charge in [-0.2, -0.15) is 0 Å². The van der Waals surface area contributed by atoms with Crippen LogP contribution in [0.1, 0.15) is 24.0 Å². The highest BCUT2D eigenvalue weighted by molar-refractivity contribution is 5.88. The molecule has 0 radical (unpaired) electrons. The van der Waals surface area contributed by atoms with Crippen LogP contribution in [-0.4, -0.2) is 0 Å². The van der Waals surface area contributed by atoms with E-state index in [-0.39, 0.29) is 0 Å². The molecule has 1 aliphatic carbocycles. The van der Waals surface area contributed by atoms with Crippen molar-refractivity contribution in [3.8, 4) is 11.1 Å². The number of nitrogens with zero attached hydrogens (tertiary/aromatic N) is 1. The molecule has 1 heteroatoms. The van der Waals surface area contributed by atoms with Gasteiger partial charge < -0.3 is 4.90 Å². The topological polar surface area (TPSA) is 3.24 Å². The molecular weight excluding hydrogens is 386 g/mol. The largest absolute Gasteiger partial charge is 0.310 e. The SMILES string of the molecule is Cc1ccc(N(c2ccc(C3=CC=CCC3)cc2)c2ccccc2-c2ccccc2)cc1. The summed E-state index contributed by atoms with van der Waals surface area (Å²) in [4.78, 5) is 2.36. The van der Waals surface area contributed by atoms with Crippen molar-refractivity contribution in [3.05, 3.63) is 132 Å². The molecule has 0 saturated heterocycles. The maximum atomic E-state index is 2.36. The van der Waals surface area contributed by atoms with Gasteiger partial charge in [0.2, 0.25) is 0 Å². The zero-order valence-corrected chi connectivity index (χ0v) is 18.4. The fraction of sp³-hybridized carbons (Fsp3) is 0.0968. The van der Waals surface area contributed by atoms with Gasteiger partial charge in [-0.3, -0.25) is 0 Å². The Balaban J connectivity index is 1.63. The summed E-state index contributed by atoms with van der Waals surface area (Å²) in [6.45, 7) is 2.13. The normalized spacial score (nSPS) is 13.0. The third kappa shape index (κ3) is 4.15. The molecule has 0 saturated carbocycles. The fourth-order valence-electron chi connectivity index (χ4n) is 4.32. The zero-order valence-electron chi connectivity index (χ0n) is 18.4. The van der Waals surface area contributed by atoms with Crippen molar-refractivity contribution in [3.63, 3.8) is 0 Å². The lowest BCUT2D eigenvalue weighted by molar-refractivity contribution is 1.05. The Morgan fingerprint density at radius 3 is 1.97 bits per heavy atom. The van der Waals surface area contributed by atoms with Crippen LogP contribution in [0.4, 0.5) is 17.1 Å². The molecular formula is C31H27N. The van der Waals surface area contributed by atoms with Crippen LogP contribution in [0, 0.1) is 6.92 Å². The second-order valence-corrected chi connectivity index (χ2v) is 8.26. The Morgan fingerprint density at radius 1 is 0.625 bits per heavy atom. The Labute approximate surface area is 191 Å². The van der Waals surface area contributed by atoms with Gasteiger partial charge in [-0.05, 0) is 66.8 Å². The van der Waals surface area contributed by atoms with Gasteiger partial charge in [0.25, 0.3) is 0 Å². The molecule has 0 aromatic heterocycles. The lowest BCUT2D eigenvalue weighted by atomic mass is 9.97. The summed E-state index contributed by atoms with van der Waals surface area (Å²) < 4.78 is 0. The quantitative estimate of drug-likeness (QED) is 0.316. The van der Waals surface area contributed by atoms with Crippen LogP contribution in [0.5, 0.6) is 0 Å². The smallest absolute Gasteiger partial charge is 0.0540 e. The molecule has 0 unspecified atom stereocenters. The van der Waals surface area contributed by atoms with Crippen LogP contribution in [-0.2, 0) is 0 Å². The van der Waals surface area contributed by atoms with E-state index in [9.17, 15) is 0 Å². The lowest BCUT2D eigenvalue weighted by Gasteiger charge is -2.28. The second-order valence-electron chi connectivity index (χ2n) is 8.26. The van der Waals surface area contributed by atoms with Gasteiger partial charge in [-0.15, -0.1) is 0 Å². The van der Waals surface area contributed by atoms with Gasteiger partial charge >= 0.3 is 0 Å². The first-order valence-electron chi connectivity index (χ1n) is 11.3. The highest BCUT2D eigenvalue weighted by Gasteiger charge is 2.17. The summed E-state index contributed by atoms with van der Waals surface area (Å²) in [6, 6.07) is 37.1. The number of hydrogen-bond donors (Lipinski definition) is 0. The average Bonchev–Trinajstić information content (AvgIpc) is 2.87. The zero-order chi connectivity index (χ0) is 21.8. The summed E-state index contributed by atoms with van der Waals surface area (Å²) in [6.07, 6.45) is 8.86. The van der Waals surface area contributed by atoms with Crippen LogP contribution < -0.4 is 4.90 Å². The van der Waals surface area contributed by atoms with Gasteiger partial charge in [-0.25, -0.2) is 0 Å². The van der Waals surface area contributed by atoms with Crippen LogP contribution in [0.2, 0.25) is 0 Å². The predicted octanol–water partition coefficient (Wildman–Crippen LogP) is 8.87. The minimum absolute atomic E-state index is 1.11. The van der Waals surface area contributed by atoms with E-state index >= 15 is 0 Å². The molecule has 156 valence electrons. The monoisotopic (exact) mass is 413 g/mol. The number of para-hydroxylation sites is 1. The average molecular weight is 414 g/mol. The van der Waals surface area contributed by atoms with Crippen molar-refractivity contribution in [2.45, 2.75) is 19.8 Å². The molecule has 0 amide bonds. The van der Waals surface area contributed by atoms with Crippen molar-refractivity contribution in [1.82, 2.24) is 0 Å². The van der Waals surface area contributed by atoms with Crippen molar-refractivity contribution >= 4 is 22.6 Å². The van der Waals surface area contributed by atoms with E-state index in [0.29, 0.717) is 0 Å². The molecule has 0 atom stereocenters. The number of benzene rings is 4. The number of rotatable bonds is 5. The van der Waals surface area contributed by atoms with Crippen molar-refractivity contribution in [1.29, 1.82) is 0 Å². The molecule has 32 heavy (non-hydrogen) atoms. The second kappa shape index (κ2) is 9.11. The van der Waals surface area contributed by atoms with Crippen LogP contribution >= 0.6 is 0 Å². The minimum Gasteiger partial charge on any atom is -0.310 e. The van der Waals surface area contributed by atoms with E-state index in [0.717, 1.165) is 24.2 Å². The number of anilines is 3. The number of aryl methyl sites for hydroxylation is 1. The molecule has 5 rings (SSSR count). The standard InChI is InChI=1S/C31H27N/c1-24-16-20-28(21-17-24)32(29-22-18-26(19-23-29)25-10-4-2-5-11-25)31-15-9-8-14-30(31)27-12-6-3-7-13-27/h2-4,6-10,12-23H,5,11H2,1H3. The van der Waals surface area contributed by atoms with Gasteiger partial charge in [0.1, 0.15) is 0 Å². The molecule has 0 heterocycles. The molecule has 0 fully saturated rings. The first-order valence-corrected chi connectivity index (χ1v) is 11.3. The van der Waals surface area contributed by atoms with E-state index in [1.165, 1.54) is 33.5 Å². The van der Waals surface area contributed by atoms with E-state index < -0.39 is 0 Å². The van der Waals surface area contributed by atoms with Gasteiger partial charge in [0.15, 0.2) is 0 Å². The van der Waals surface area contributed by atoms with Crippen LogP contribution in [0.25, 0.3) is 16.7 Å². The predicted molar refractivity (Wildman–Crippen MR) is 138 cm³/mol. The highest BCUT2D eigenvalue weighted by Crippen LogP contribution is 2.41. The van der Waals surface area contributed by atoms with Crippen LogP contribution in [0.3, 0.4) is 0 Å². The van der Waals surface area contributed by atoms with E-state index in [4.69, 9.17) is 0 Å².